The van der Waals surface area contributed by atoms with Gasteiger partial charge in [0, 0.05) is 25.6 Å². The van der Waals surface area contributed by atoms with Gasteiger partial charge >= 0.3 is 11.9 Å². The van der Waals surface area contributed by atoms with Crippen LogP contribution >= 0.6 is 0 Å². The Morgan fingerprint density at radius 3 is 1.02 bits per heavy atom. The van der Waals surface area contributed by atoms with E-state index in [2.05, 4.69) is 48.1 Å². The number of ether oxygens (including phenoxy) is 2. The van der Waals surface area contributed by atoms with E-state index < -0.39 is 11.9 Å². The summed E-state index contributed by atoms with van der Waals surface area (Å²) in [5.41, 5.74) is 8.94. The van der Waals surface area contributed by atoms with Crippen molar-refractivity contribution in [3.8, 4) is 56.5 Å². The van der Waals surface area contributed by atoms with Crippen LogP contribution in [0.5, 0.6) is 11.5 Å². The molecule has 7 rings (SSSR count). The molecule has 0 spiro atoms. The number of carbonyl (C=O) groups excluding carboxylic acids is 2. The average molecular weight is 649 g/mol. The number of hydrogen-bond acceptors (Lipinski definition) is 4. The molecule has 6 nitrogen and oxygen atoms in total. The fourth-order valence-corrected chi connectivity index (χ4v) is 5.18. The van der Waals surface area contributed by atoms with Gasteiger partial charge in [0.1, 0.15) is 11.5 Å². The molecule has 0 unspecified atom stereocenters. The largest absolute Gasteiger partial charge is 0.423 e. The maximum Gasteiger partial charge on any atom is 0.343 e. The minimum Gasteiger partial charge on any atom is -0.423 e. The Balaban J connectivity index is 0.00000113. The average Bonchev–Trinajstić information content (AvgIpc) is 3.85. The number of nitrogens with one attached hydrogen (secondary N) is 2. The summed E-state index contributed by atoms with van der Waals surface area (Å²) in [4.78, 5) is 32.4. The number of rotatable bonds is 8. The molecule has 0 radical (unpaired) electrons. The molecule has 2 heterocycles. The van der Waals surface area contributed by atoms with Crippen LogP contribution in [0.3, 0.4) is 0 Å². The first-order chi connectivity index (χ1) is 24.0. The molecule has 0 aliphatic heterocycles. The van der Waals surface area contributed by atoms with Crippen molar-refractivity contribution in [2.24, 2.45) is 0 Å². The molecule has 0 saturated heterocycles. The van der Waals surface area contributed by atoms with Crippen molar-refractivity contribution in [1.29, 1.82) is 0 Å². The van der Waals surface area contributed by atoms with Crippen LogP contribution in [0.4, 0.5) is 0 Å². The van der Waals surface area contributed by atoms with E-state index in [1.165, 1.54) is 6.42 Å². The molecule has 6 heteroatoms. The van der Waals surface area contributed by atoms with Crippen molar-refractivity contribution >= 4 is 11.9 Å². The predicted molar refractivity (Wildman–Crippen MR) is 200 cm³/mol. The zero-order chi connectivity index (χ0) is 34.0. The second-order valence-corrected chi connectivity index (χ2v) is 11.4. The molecule has 0 atom stereocenters. The Kier molecular flexibility index (Phi) is 10.3. The lowest BCUT2D eigenvalue weighted by Gasteiger charge is -2.08. The van der Waals surface area contributed by atoms with E-state index in [0.717, 1.165) is 45.0 Å². The SMILES string of the molecule is CCC.O=C(Oc1ccc(OC(=O)c2ccc(-c3ccc(-c4ccccc4)[nH]3)cc2)cc1)c1ccc(-c2ccc(-c3ccccc3)[nH]2)cc1.[HH].[HH]. The number of hydrogen-bond donors (Lipinski definition) is 2. The molecule has 0 aliphatic rings. The smallest absolute Gasteiger partial charge is 0.343 e. The fraction of sp³-hybridized carbons (Fsp3) is 0.0698. The molecule has 0 saturated carbocycles. The minimum absolute atomic E-state index is 0. The number of benzene rings is 5. The van der Waals surface area contributed by atoms with Crippen molar-refractivity contribution in [3.63, 3.8) is 0 Å². The molecular formula is C43H40N2O4. The van der Waals surface area contributed by atoms with Gasteiger partial charge in [-0.05, 0) is 95.1 Å². The predicted octanol–water partition coefficient (Wildman–Crippen LogP) is 11.4. The number of carbonyl (C=O) groups is 2. The lowest BCUT2D eigenvalue weighted by atomic mass is 10.1. The number of esters is 2. The summed E-state index contributed by atoms with van der Waals surface area (Å²) >= 11 is 0. The van der Waals surface area contributed by atoms with Gasteiger partial charge in [-0.3, -0.25) is 0 Å². The van der Waals surface area contributed by atoms with Gasteiger partial charge in [0.05, 0.1) is 11.1 Å². The van der Waals surface area contributed by atoms with Crippen LogP contribution in [0.25, 0.3) is 45.0 Å². The third kappa shape index (κ3) is 8.13. The lowest BCUT2D eigenvalue weighted by Crippen LogP contribution is -2.09. The summed E-state index contributed by atoms with van der Waals surface area (Å²) in [5.74, 6) is -0.275. The van der Waals surface area contributed by atoms with E-state index in [4.69, 9.17) is 9.47 Å². The van der Waals surface area contributed by atoms with Crippen molar-refractivity contribution in [2.75, 3.05) is 0 Å². The quantitative estimate of drug-likeness (QED) is 0.127. The summed E-state index contributed by atoms with van der Waals surface area (Å²) in [6.45, 7) is 4.25. The summed E-state index contributed by atoms with van der Waals surface area (Å²) in [7, 11) is 0. The summed E-state index contributed by atoms with van der Waals surface area (Å²) in [5, 5.41) is 0. The van der Waals surface area contributed by atoms with Gasteiger partial charge in [0.2, 0.25) is 0 Å². The first kappa shape index (κ1) is 32.5. The minimum atomic E-state index is -0.481. The molecule has 2 aromatic heterocycles. The highest BCUT2D eigenvalue weighted by atomic mass is 16.5. The normalized spacial score (nSPS) is 10.5. The molecule has 0 fully saturated rings. The molecule has 2 N–H and O–H groups in total. The third-order valence-electron chi connectivity index (χ3n) is 7.65. The highest BCUT2D eigenvalue weighted by Gasteiger charge is 2.13. The standard InChI is InChI=1S/C40H28N2O4.C3H8.2H2/c43-39(31-15-11-29(12-16-31)37-25-23-35(41-37)27-7-3-1-4-8-27)45-33-19-21-34(22-20-33)46-40(44)32-17-13-30(14-18-32)38-26-24-36(42-38)28-9-5-2-6-10-28;1-3-2;;/h1-26,41-42H;3H2,1-2H3;2*1H. The first-order valence-electron chi connectivity index (χ1n) is 16.2. The maximum atomic E-state index is 12.8. The fourth-order valence-electron chi connectivity index (χ4n) is 5.18. The van der Waals surface area contributed by atoms with Gasteiger partial charge in [-0.15, -0.1) is 0 Å². The monoisotopic (exact) mass is 648 g/mol. The zero-order valence-electron chi connectivity index (χ0n) is 27.4. The summed E-state index contributed by atoms with van der Waals surface area (Å²) in [6.07, 6.45) is 1.25. The van der Waals surface area contributed by atoms with Gasteiger partial charge in [0.25, 0.3) is 0 Å². The number of aromatic nitrogens is 2. The Morgan fingerprint density at radius 2 is 0.714 bits per heavy atom. The van der Waals surface area contributed by atoms with Crippen LogP contribution in [-0.4, -0.2) is 21.9 Å². The molecular weight excluding hydrogens is 608 g/mol. The molecule has 0 amide bonds. The van der Waals surface area contributed by atoms with E-state index in [0.29, 0.717) is 22.6 Å². The third-order valence-corrected chi connectivity index (χ3v) is 7.65. The van der Waals surface area contributed by atoms with Crippen LogP contribution < -0.4 is 9.47 Å². The van der Waals surface area contributed by atoms with Crippen LogP contribution in [-0.2, 0) is 0 Å². The van der Waals surface area contributed by atoms with Gasteiger partial charge < -0.3 is 19.4 Å². The van der Waals surface area contributed by atoms with Gasteiger partial charge in [-0.25, -0.2) is 9.59 Å². The Morgan fingerprint density at radius 1 is 0.429 bits per heavy atom. The van der Waals surface area contributed by atoms with Crippen LogP contribution in [0.2, 0.25) is 0 Å². The van der Waals surface area contributed by atoms with E-state index in [9.17, 15) is 9.59 Å². The number of H-pyrrole nitrogens is 2. The van der Waals surface area contributed by atoms with Gasteiger partial charge in [-0.1, -0.05) is 105 Å². The van der Waals surface area contributed by atoms with Crippen molar-refractivity contribution < 1.29 is 21.9 Å². The van der Waals surface area contributed by atoms with Crippen molar-refractivity contribution in [3.05, 3.63) is 169 Å². The van der Waals surface area contributed by atoms with E-state index >= 15 is 0 Å². The Bertz CT molecular complexity index is 1970. The van der Waals surface area contributed by atoms with Crippen molar-refractivity contribution in [2.45, 2.75) is 20.3 Å². The van der Waals surface area contributed by atoms with Crippen LogP contribution in [0.1, 0.15) is 43.8 Å². The highest BCUT2D eigenvalue weighted by Crippen LogP contribution is 2.27. The summed E-state index contributed by atoms with van der Waals surface area (Å²) in [6, 6.07) is 49.2. The second kappa shape index (κ2) is 15.5. The molecule has 49 heavy (non-hydrogen) atoms. The maximum absolute atomic E-state index is 12.8. The Hall–Kier alpha value is -6.40. The summed E-state index contributed by atoms with van der Waals surface area (Å²) < 4.78 is 11.1. The lowest BCUT2D eigenvalue weighted by molar-refractivity contribution is 0.0719. The van der Waals surface area contributed by atoms with E-state index in [1.807, 2.05) is 84.9 Å². The van der Waals surface area contributed by atoms with E-state index in [-0.39, 0.29) is 2.85 Å². The molecule has 0 aliphatic carbocycles. The Labute approximate surface area is 289 Å². The molecule has 5 aromatic carbocycles. The number of aromatic amines is 2. The van der Waals surface area contributed by atoms with E-state index in [1.54, 1.807) is 48.5 Å². The molecule has 0 bridgehead atoms. The molecule has 246 valence electrons. The first-order valence-corrected chi connectivity index (χ1v) is 16.2. The zero-order valence-corrected chi connectivity index (χ0v) is 27.4. The highest BCUT2D eigenvalue weighted by molar-refractivity contribution is 5.92. The van der Waals surface area contributed by atoms with Gasteiger partial charge in [-0.2, -0.15) is 0 Å². The molecule has 7 aromatic rings. The van der Waals surface area contributed by atoms with Gasteiger partial charge in [0.15, 0.2) is 0 Å². The topological polar surface area (TPSA) is 84.2 Å². The van der Waals surface area contributed by atoms with Crippen molar-refractivity contribution in [1.82, 2.24) is 9.97 Å². The van der Waals surface area contributed by atoms with Crippen LogP contribution in [0, 0.1) is 0 Å². The second-order valence-electron chi connectivity index (χ2n) is 11.4. The van der Waals surface area contributed by atoms with Crippen LogP contribution in [0.15, 0.2) is 158 Å².